The highest BCUT2D eigenvalue weighted by molar-refractivity contribution is 5.21. The summed E-state index contributed by atoms with van der Waals surface area (Å²) in [6, 6.07) is 14.4. The van der Waals surface area contributed by atoms with Crippen molar-refractivity contribution in [3.05, 3.63) is 60.1 Å². The number of benzene rings is 1. The van der Waals surface area contributed by atoms with Crippen LogP contribution in [0.15, 0.2) is 53.1 Å². The molecular formula is C14H17NO. The second kappa shape index (κ2) is 5.52. The molecule has 0 bridgehead atoms. The van der Waals surface area contributed by atoms with Gasteiger partial charge in [-0.25, -0.2) is 0 Å². The second-order valence-corrected chi connectivity index (χ2v) is 3.97. The zero-order valence-corrected chi connectivity index (χ0v) is 9.30. The highest BCUT2D eigenvalue weighted by Crippen LogP contribution is 2.23. The van der Waals surface area contributed by atoms with Crippen LogP contribution in [0.3, 0.4) is 0 Å². The first-order valence-electron chi connectivity index (χ1n) is 5.67. The van der Waals surface area contributed by atoms with Crippen LogP contribution in [0.4, 0.5) is 0 Å². The molecule has 1 aromatic carbocycles. The van der Waals surface area contributed by atoms with Crippen LogP contribution in [0.2, 0.25) is 0 Å². The third kappa shape index (κ3) is 2.74. The van der Waals surface area contributed by atoms with E-state index >= 15 is 0 Å². The van der Waals surface area contributed by atoms with E-state index in [-0.39, 0.29) is 0 Å². The smallest absolute Gasteiger partial charge is 0.104 e. The third-order valence-electron chi connectivity index (χ3n) is 2.81. The van der Waals surface area contributed by atoms with Gasteiger partial charge in [0.1, 0.15) is 5.76 Å². The van der Waals surface area contributed by atoms with Gasteiger partial charge in [-0.2, -0.15) is 0 Å². The van der Waals surface area contributed by atoms with Crippen molar-refractivity contribution < 1.29 is 4.42 Å². The molecule has 2 rings (SSSR count). The largest absolute Gasteiger partial charge is 0.469 e. The van der Waals surface area contributed by atoms with E-state index in [1.54, 1.807) is 6.26 Å². The Morgan fingerprint density at radius 1 is 1.06 bits per heavy atom. The monoisotopic (exact) mass is 215 g/mol. The van der Waals surface area contributed by atoms with E-state index in [4.69, 9.17) is 10.2 Å². The maximum absolute atomic E-state index is 5.67. The zero-order valence-electron chi connectivity index (χ0n) is 9.30. The molecule has 0 saturated heterocycles. The molecule has 0 radical (unpaired) electrons. The van der Waals surface area contributed by atoms with Gasteiger partial charge in [0.05, 0.1) is 6.26 Å². The summed E-state index contributed by atoms with van der Waals surface area (Å²) < 4.78 is 5.39. The van der Waals surface area contributed by atoms with E-state index in [1.807, 2.05) is 18.2 Å². The lowest BCUT2D eigenvalue weighted by molar-refractivity contribution is 0.477. The van der Waals surface area contributed by atoms with Crippen LogP contribution in [-0.2, 0) is 6.42 Å². The van der Waals surface area contributed by atoms with Gasteiger partial charge in [0.15, 0.2) is 0 Å². The summed E-state index contributed by atoms with van der Waals surface area (Å²) in [6.45, 7) is 0.709. The average Bonchev–Trinajstić information content (AvgIpc) is 2.83. The Labute approximate surface area is 96.1 Å². The summed E-state index contributed by atoms with van der Waals surface area (Å²) >= 11 is 0. The van der Waals surface area contributed by atoms with Gasteiger partial charge in [-0.15, -0.1) is 0 Å². The molecule has 0 aliphatic heterocycles. The zero-order chi connectivity index (χ0) is 11.2. The molecule has 2 nitrogen and oxygen atoms in total. The summed E-state index contributed by atoms with van der Waals surface area (Å²) in [5, 5.41) is 0. The summed E-state index contributed by atoms with van der Waals surface area (Å²) in [5.41, 5.74) is 7.00. The van der Waals surface area contributed by atoms with E-state index in [0.29, 0.717) is 12.5 Å². The van der Waals surface area contributed by atoms with Gasteiger partial charge in [0.2, 0.25) is 0 Å². The molecule has 84 valence electrons. The fourth-order valence-corrected chi connectivity index (χ4v) is 1.98. The second-order valence-electron chi connectivity index (χ2n) is 3.97. The van der Waals surface area contributed by atoms with Crippen molar-refractivity contribution in [3.63, 3.8) is 0 Å². The third-order valence-corrected chi connectivity index (χ3v) is 2.81. The van der Waals surface area contributed by atoms with Gasteiger partial charge in [-0.05, 0) is 36.6 Å². The lowest BCUT2D eigenvalue weighted by Crippen LogP contribution is -2.09. The van der Waals surface area contributed by atoms with Gasteiger partial charge in [-0.3, -0.25) is 0 Å². The number of nitrogens with two attached hydrogens (primary N) is 1. The molecule has 0 aliphatic carbocycles. The van der Waals surface area contributed by atoms with Crippen molar-refractivity contribution in [2.75, 3.05) is 6.54 Å². The van der Waals surface area contributed by atoms with Crippen molar-refractivity contribution in [2.24, 2.45) is 5.73 Å². The Hall–Kier alpha value is -1.54. The van der Waals surface area contributed by atoms with Crippen molar-refractivity contribution in [2.45, 2.75) is 18.8 Å². The summed E-state index contributed by atoms with van der Waals surface area (Å²) in [7, 11) is 0. The minimum Gasteiger partial charge on any atom is -0.469 e. The van der Waals surface area contributed by atoms with E-state index in [9.17, 15) is 0 Å². The van der Waals surface area contributed by atoms with Gasteiger partial charge in [0.25, 0.3) is 0 Å². The number of hydrogen-bond donors (Lipinski definition) is 1. The Morgan fingerprint density at radius 2 is 1.88 bits per heavy atom. The first-order chi connectivity index (χ1) is 7.90. The summed E-state index contributed by atoms with van der Waals surface area (Å²) in [5.74, 6) is 1.49. The van der Waals surface area contributed by atoms with Crippen LogP contribution in [0.5, 0.6) is 0 Å². The fourth-order valence-electron chi connectivity index (χ4n) is 1.98. The van der Waals surface area contributed by atoms with Crippen LogP contribution < -0.4 is 5.73 Å². The Morgan fingerprint density at radius 3 is 2.50 bits per heavy atom. The molecule has 0 aliphatic rings. The van der Waals surface area contributed by atoms with Crippen LogP contribution in [-0.4, -0.2) is 6.54 Å². The van der Waals surface area contributed by atoms with E-state index in [0.717, 1.165) is 18.6 Å². The molecule has 16 heavy (non-hydrogen) atoms. The van der Waals surface area contributed by atoms with Crippen LogP contribution in [0.25, 0.3) is 0 Å². The molecule has 2 N–H and O–H groups in total. The highest BCUT2D eigenvalue weighted by atomic mass is 16.3. The van der Waals surface area contributed by atoms with Crippen LogP contribution in [0, 0.1) is 0 Å². The Kier molecular flexibility index (Phi) is 3.78. The molecule has 1 unspecified atom stereocenters. The van der Waals surface area contributed by atoms with Gasteiger partial charge in [0, 0.05) is 6.42 Å². The topological polar surface area (TPSA) is 39.2 Å². The van der Waals surface area contributed by atoms with Gasteiger partial charge >= 0.3 is 0 Å². The fraction of sp³-hybridized carbons (Fsp3) is 0.286. The van der Waals surface area contributed by atoms with E-state index < -0.39 is 0 Å². The molecule has 1 aromatic heterocycles. The molecule has 0 spiro atoms. The van der Waals surface area contributed by atoms with Crippen LogP contribution in [0.1, 0.15) is 23.7 Å². The van der Waals surface area contributed by atoms with E-state index in [1.165, 1.54) is 5.56 Å². The minimum atomic E-state index is 0.456. The van der Waals surface area contributed by atoms with Crippen molar-refractivity contribution in [1.82, 2.24) is 0 Å². The van der Waals surface area contributed by atoms with Gasteiger partial charge < -0.3 is 10.2 Å². The van der Waals surface area contributed by atoms with Crippen molar-refractivity contribution in [1.29, 1.82) is 0 Å². The predicted molar refractivity (Wildman–Crippen MR) is 65.3 cm³/mol. The normalized spacial score (nSPS) is 12.6. The molecule has 2 aromatic rings. The van der Waals surface area contributed by atoms with Crippen molar-refractivity contribution in [3.8, 4) is 0 Å². The minimum absolute atomic E-state index is 0.456. The molecular weight excluding hydrogens is 198 g/mol. The molecule has 0 saturated carbocycles. The lowest BCUT2D eigenvalue weighted by atomic mass is 9.91. The van der Waals surface area contributed by atoms with Crippen molar-refractivity contribution >= 4 is 0 Å². The predicted octanol–water partition coefficient (Wildman–Crippen LogP) is 2.95. The number of rotatable bonds is 5. The quantitative estimate of drug-likeness (QED) is 0.832. The molecule has 1 atom stereocenters. The SMILES string of the molecule is NCCC(Cc1ccco1)c1ccccc1. The number of furan rings is 1. The first-order valence-corrected chi connectivity index (χ1v) is 5.67. The average molecular weight is 215 g/mol. The summed E-state index contributed by atoms with van der Waals surface area (Å²) in [6.07, 6.45) is 3.64. The Balaban J connectivity index is 2.11. The molecule has 1 heterocycles. The molecule has 0 amide bonds. The van der Waals surface area contributed by atoms with Gasteiger partial charge in [-0.1, -0.05) is 30.3 Å². The van der Waals surface area contributed by atoms with Crippen LogP contribution >= 0.6 is 0 Å². The number of hydrogen-bond acceptors (Lipinski definition) is 2. The maximum atomic E-state index is 5.67. The standard InChI is InChI=1S/C14H17NO/c15-9-8-13(11-14-7-4-10-16-14)12-5-2-1-3-6-12/h1-7,10,13H,8-9,11,15H2. The Bertz CT molecular complexity index is 394. The molecule has 2 heteroatoms. The first kappa shape index (κ1) is 11.0. The summed E-state index contributed by atoms with van der Waals surface area (Å²) in [4.78, 5) is 0. The van der Waals surface area contributed by atoms with E-state index in [2.05, 4.69) is 24.3 Å². The maximum Gasteiger partial charge on any atom is 0.104 e. The highest BCUT2D eigenvalue weighted by Gasteiger charge is 2.12. The lowest BCUT2D eigenvalue weighted by Gasteiger charge is -2.14. The molecule has 0 fully saturated rings.